The van der Waals surface area contributed by atoms with E-state index in [-0.39, 0.29) is 66.1 Å². The van der Waals surface area contributed by atoms with Crippen LogP contribution in [0.5, 0.6) is 0 Å². The number of hydrogen-bond acceptors (Lipinski definition) is 15. The number of fused-ring (bicyclic) bond motifs is 1. The quantitative estimate of drug-likeness (QED) is 0.0405. The molecule has 15 atom stereocenters. The Morgan fingerprint density at radius 2 is 0.633 bits per heavy atom. The third kappa shape index (κ3) is 18.1. The number of carbonyl (C=O) groups excluding carboxylic acids is 1. The van der Waals surface area contributed by atoms with Crippen molar-refractivity contribution in [2.75, 3.05) is 13.2 Å². The molecule has 9 aromatic rings. The minimum Gasteiger partial charge on any atom is -0.443 e. The van der Waals surface area contributed by atoms with E-state index < -0.39 is 97.8 Å². The molecule has 1 aliphatic carbocycles. The average Bonchev–Trinajstić information content (AvgIpc) is 1.55. The van der Waals surface area contributed by atoms with Gasteiger partial charge in [0.05, 0.1) is 84.3 Å². The number of nitrogens with zero attached hydrogens (tertiary/aromatic N) is 1. The molecule has 4 aliphatic rings. The molecular formula is C82H85NO15. The Labute approximate surface area is 574 Å². The monoisotopic (exact) mass is 1320 g/mol. The van der Waals surface area contributed by atoms with Gasteiger partial charge < -0.3 is 61.6 Å². The summed E-state index contributed by atoms with van der Waals surface area (Å²) in [6.45, 7) is 3.63. The van der Waals surface area contributed by atoms with E-state index >= 15 is 0 Å². The molecule has 13 rings (SSSR count). The summed E-state index contributed by atoms with van der Waals surface area (Å²) in [6, 6.07) is 88.7. The zero-order valence-electron chi connectivity index (χ0n) is 55.0. The largest absolute Gasteiger partial charge is 0.443 e. The van der Waals surface area contributed by atoms with E-state index in [0.717, 1.165) is 50.1 Å². The molecule has 508 valence electrons. The maximum absolute atomic E-state index is 14.6. The lowest BCUT2D eigenvalue weighted by atomic mass is 9.95. The first-order valence-electron chi connectivity index (χ1n) is 33.9. The number of benzene rings is 9. The van der Waals surface area contributed by atoms with Gasteiger partial charge in [-0.25, -0.2) is 4.79 Å². The highest BCUT2D eigenvalue weighted by molar-refractivity contribution is 5.67. The second-order valence-electron chi connectivity index (χ2n) is 25.1. The fraction of sp³-hybridized carbons (Fsp3) is 0.329. The number of ether oxygens (including phenoxy) is 13. The summed E-state index contributed by atoms with van der Waals surface area (Å²) in [5.74, 6) is -0.561. The van der Waals surface area contributed by atoms with Crippen LogP contribution in [0, 0.1) is 5.92 Å². The smallest absolute Gasteiger partial charge is 0.434 e. The molecule has 3 heterocycles. The standard InChI is InChI=1S/C82H85NO15/c1-58-71(86-48-60-31-13-3-14-32-60)75(88-50-62-35-17-5-18-36-62)78(91-53-65-41-23-8-24-42-65)80(95-58)98-73-69(57-85-47-59-29-11-2-12-30-59)96-81(79(92-54-66-43-25-9-26-44-66)77(73)90-52-64-39-21-7-22-40-64)97-72-68-56-94-83(82(84)93-55-67-45-27-10-28-46-67)70(68)74(87-49-61-33-15-4-16-34-61)76(72)89-51-63-37-19-6-20-38-63/h2-46,58,68-81H,47-57H2,1H3/t58-,68+,69-,70-,71-,72-,73-,74+,75+,76-,77+,78-,79-,80+,81-/m1/s1. The van der Waals surface area contributed by atoms with Crippen molar-refractivity contribution >= 4 is 6.09 Å². The molecule has 9 aromatic carbocycles. The predicted molar refractivity (Wildman–Crippen MR) is 366 cm³/mol. The fourth-order valence-corrected chi connectivity index (χ4v) is 13.2. The van der Waals surface area contributed by atoms with Crippen LogP contribution < -0.4 is 0 Å². The van der Waals surface area contributed by atoms with Crippen LogP contribution in [0.4, 0.5) is 4.79 Å². The van der Waals surface area contributed by atoms with Gasteiger partial charge in [0.25, 0.3) is 0 Å². The SMILES string of the molecule is C[C@H]1O[C@@H](O[C@H]2[C@H](OCc3ccccc3)[C@@H](OCc3ccccc3)[C@@H](O[C@@H]3[C@H]4CON(C(=O)OCc5ccccc5)[C@H]4[C@H](OCc4ccccc4)[C@@H]3OCc3ccccc3)O[C@@H]2COCc2ccccc2)[C@H](OCc2ccccc2)[C@@H](OCc2ccccc2)[C@@H]1OCc1ccccc1. The molecule has 16 nitrogen and oxygen atoms in total. The molecule has 4 fully saturated rings. The Morgan fingerprint density at radius 1 is 0.337 bits per heavy atom. The summed E-state index contributed by atoms with van der Waals surface area (Å²) >= 11 is 0. The molecule has 3 aliphatic heterocycles. The molecule has 1 amide bonds. The molecule has 0 aromatic heterocycles. The number of hydrogen-bond donors (Lipinski definition) is 0. The summed E-state index contributed by atoms with van der Waals surface area (Å²) in [5, 5.41) is 1.31. The Kier molecular flexibility index (Phi) is 24.4. The van der Waals surface area contributed by atoms with Crippen LogP contribution in [0.2, 0.25) is 0 Å². The van der Waals surface area contributed by atoms with Gasteiger partial charge in [-0.2, -0.15) is 5.06 Å². The van der Waals surface area contributed by atoms with E-state index in [2.05, 4.69) is 0 Å². The average molecular weight is 1320 g/mol. The summed E-state index contributed by atoms with van der Waals surface area (Å²) < 4.78 is 93.2. The topological polar surface area (TPSA) is 150 Å². The van der Waals surface area contributed by atoms with Crippen molar-refractivity contribution in [2.45, 2.75) is 152 Å². The summed E-state index contributed by atoms with van der Waals surface area (Å²) in [5.41, 5.74) is 8.33. The first kappa shape index (κ1) is 68.3. The fourth-order valence-electron chi connectivity index (χ4n) is 13.2. The molecule has 98 heavy (non-hydrogen) atoms. The van der Waals surface area contributed by atoms with Crippen LogP contribution in [0.1, 0.15) is 57.0 Å². The number of amides is 1. The van der Waals surface area contributed by atoms with Crippen LogP contribution in [0.15, 0.2) is 273 Å². The van der Waals surface area contributed by atoms with Gasteiger partial charge in [0.1, 0.15) is 61.5 Å². The maximum atomic E-state index is 14.6. The third-order valence-electron chi connectivity index (χ3n) is 18.2. The lowest BCUT2D eigenvalue weighted by molar-refractivity contribution is -0.380. The van der Waals surface area contributed by atoms with Gasteiger partial charge in [-0.1, -0.05) is 273 Å². The van der Waals surface area contributed by atoms with E-state index in [4.69, 9.17) is 66.4 Å². The Morgan fingerprint density at radius 3 is 1.02 bits per heavy atom. The van der Waals surface area contributed by atoms with Gasteiger partial charge in [0.2, 0.25) is 0 Å². The van der Waals surface area contributed by atoms with Crippen molar-refractivity contribution in [3.63, 3.8) is 0 Å². The van der Waals surface area contributed by atoms with Crippen LogP contribution in [-0.2, 0) is 126 Å². The van der Waals surface area contributed by atoms with Crippen molar-refractivity contribution in [1.82, 2.24) is 5.06 Å². The van der Waals surface area contributed by atoms with Gasteiger partial charge in [0, 0.05) is 5.92 Å². The molecular weight excluding hydrogens is 1240 g/mol. The second-order valence-corrected chi connectivity index (χ2v) is 25.1. The van der Waals surface area contributed by atoms with Gasteiger partial charge in [-0.15, -0.1) is 0 Å². The zero-order valence-corrected chi connectivity index (χ0v) is 55.0. The van der Waals surface area contributed by atoms with Gasteiger partial charge in [0.15, 0.2) is 12.6 Å². The molecule has 0 spiro atoms. The molecule has 0 N–H and O–H groups in total. The Balaban J connectivity index is 0.902. The lowest BCUT2D eigenvalue weighted by Gasteiger charge is -2.50. The summed E-state index contributed by atoms with van der Waals surface area (Å²) in [7, 11) is 0. The lowest BCUT2D eigenvalue weighted by Crippen LogP contribution is -2.66. The van der Waals surface area contributed by atoms with E-state index in [1.165, 1.54) is 5.06 Å². The van der Waals surface area contributed by atoms with Crippen LogP contribution >= 0.6 is 0 Å². The van der Waals surface area contributed by atoms with Gasteiger partial charge in [-0.05, 0) is 57.0 Å². The van der Waals surface area contributed by atoms with Crippen molar-refractivity contribution in [3.8, 4) is 0 Å². The van der Waals surface area contributed by atoms with E-state index in [9.17, 15) is 4.79 Å². The first-order chi connectivity index (χ1) is 48.4. The summed E-state index contributed by atoms with van der Waals surface area (Å²) in [4.78, 5) is 21.1. The molecule has 3 saturated heterocycles. The minimum atomic E-state index is -1.24. The van der Waals surface area contributed by atoms with E-state index in [1.54, 1.807) is 0 Å². The van der Waals surface area contributed by atoms with Crippen molar-refractivity contribution in [1.29, 1.82) is 0 Å². The highest BCUT2D eigenvalue weighted by Gasteiger charge is 2.63. The van der Waals surface area contributed by atoms with Crippen LogP contribution in [0.3, 0.4) is 0 Å². The van der Waals surface area contributed by atoms with Crippen LogP contribution in [0.25, 0.3) is 0 Å². The van der Waals surface area contributed by atoms with Crippen molar-refractivity contribution < 1.29 is 71.2 Å². The Hall–Kier alpha value is -8.27. The number of carbonyl (C=O) groups is 1. The normalized spacial score (nSPS) is 26.0. The second kappa shape index (κ2) is 35.0. The zero-order chi connectivity index (χ0) is 66.5. The number of hydroxylamine groups is 2. The molecule has 1 saturated carbocycles. The minimum absolute atomic E-state index is 0.0117. The van der Waals surface area contributed by atoms with Crippen LogP contribution in [-0.4, -0.2) is 110 Å². The molecule has 0 bridgehead atoms. The predicted octanol–water partition coefficient (Wildman–Crippen LogP) is 14.1. The highest BCUT2D eigenvalue weighted by atomic mass is 16.8. The molecule has 0 radical (unpaired) electrons. The van der Waals surface area contributed by atoms with E-state index in [1.807, 2.05) is 280 Å². The highest BCUT2D eigenvalue weighted by Crippen LogP contribution is 2.45. The van der Waals surface area contributed by atoms with Crippen molar-refractivity contribution in [2.24, 2.45) is 5.92 Å². The van der Waals surface area contributed by atoms with Gasteiger partial charge >= 0.3 is 6.09 Å². The molecule has 16 heteroatoms. The Bertz CT molecular complexity index is 3750. The molecule has 0 unspecified atom stereocenters. The first-order valence-corrected chi connectivity index (χ1v) is 33.9. The van der Waals surface area contributed by atoms with Gasteiger partial charge in [-0.3, -0.25) is 4.84 Å². The summed E-state index contributed by atoms with van der Waals surface area (Å²) in [6.07, 6.45) is -12.5. The van der Waals surface area contributed by atoms with Crippen molar-refractivity contribution in [3.05, 3.63) is 323 Å². The number of rotatable bonds is 31. The third-order valence-corrected chi connectivity index (χ3v) is 18.2. The van der Waals surface area contributed by atoms with E-state index in [0.29, 0.717) is 6.61 Å². The maximum Gasteiger partial charge on any atom is 0.434 e.